The fourth-order valence-corrected chi connectivity index (χ4v) is 2.45. The topological polar surface area (TPSA) is 105 Å². The van der Waals surface area contributed by atoms with Crippen molar-refractivity contribution < 1.29 is 24.2 Å². The van der Waals surface area contributed by atoms with Gasteiger partial charge in [-0.15, -0.1) is 0 Å². The van der Waals surface area contributed by atoms with Crippen LogP contribution < -0.4 is 15.4 Å². The molecule has 0 bridgehead atoms. The number of anilines is 1. The van der Waals surface area contributed by atoms with Crippen LogP contribution in [0.25, 0.3) is 0 Å². The molecule has 0 fully saturated rings. The summed E-state index contributed by atoms with van der Waals surface area (Å²) in [5.41, 5.74) is 1.42. The molecule has 0 saturated carbocycles. The summed E-state index contributed by atoms with van der Waals surface area (Å²) in [7, 11) is 0. The number of likely N-dealkylation sites (N-methyl/N-ethyl adjacent to an activating group) is 1. The summed E-state index contributed by atoms with van der Waals surface area (Å²) in [5, 5.41) is 14.5. The molecule has 3 N–H and O–H groups in total. The van der Waals surface area contributed by atoms with Crippen LogP contribution in [0.5, 0.6) is 5.75 Å². The summed E-state index contributed by atoms with van der Waals surface area (Å²) in [6.45, 7) is 2.31. The minimum atomic E-state index is -1.01. The smallest absolute Gasteiger partial charge is 0.335 e. The van der Waals surface area contributed by atoms with E-state index in [-0.39, 0.29) is 30.4 Å². The Labute approximate surface area is 157 Å². The van der Waals surface area contributed by atoms with Crippen LogP contribution in [0, 0.1) is 0 Å². The summed E-state index contributed by atoms with van der Waals surface area (Å²) >= 11 is 0. The molecule has 0 radical (unpaired) electrons. The first kappa shape index (κ1) is 20.0. The number of carboxylic acid groups (broad SMARTS) is 1. The summed E-state index contributed by atoms with van der Waals surface area (Å²) < 4.78 is 5.34. The van der Waals surface area contributed by atoms with E-state index in [1.54, 1.807) is 42.5 Å². The van der Waals surface area contributed by atoms with Crippen molar-refractivity contribution >= 4 is 23.5 Å². The van der Waals surface area contributed by atoms with Crippen LogP contribution in [0.2, 0.25) is 0 Å². The Morgan fingerprint density at radius 3 is 2.37 bits per heavy atom. The molecule has 0 aliphatic heterocycles. The molecule has 142 valence electrons. The van der Waals surface area contributed by atoms with Crippen molar-refractivity contribution in [2.45, 2.75) is 19.8 Å². The lowest BCUT2D eigenvalue weighted by Gasteiger charge is -2.09. The van der Waals surface area contributed by atoms with Crippen molar-refractivity contribution in [1.29, 1.82) is 0 Å². The molecular weight excluding hydrogens is 348 g/mol. The second-order valence-electron chi connectivity index (χ2n) is 5.78. The Hall–Kier alpha value is -3.35. The molecule has 0 aliphatic carbocycles. The van der Waals surface area contributed by atoms with Gasteiger partial charge >= 0.3 is 5.97 Å². The van der Waals surface area contributed by atoms with Crippen LogP contribution in [0.4, 0.5) is 5.69 Å². The molecule has 7 heteroatoms. The van der Waals surface area contributed by atoms with Gasteiger partial charge in [-0.2, -0.15) is 0 Å². The van der Waals surface area contributed by atoms with Gasteiger partial charge in [-0.05, 0) is 49.2 Å². The predicted molar refractivity (Wildman–Crippen MR) is 101 cm³/mol. The number of benzene rings is 2. The molecule has 0 saturated heterocycles. The third kappa shape index (κ3) is 6.47. The third-order valence-electron chi connectivity index (χ3n) is 3.75. The van der Waals surface area contributed by atoms with Crippen LogP contribution in [-0.4, -0.2) is 36.0 Å². The van der Waals surface area contributed by atoms with Gasteiger partial charge in [0.1, 0.15) is 5.75 Å². The number of aromatic carboxylic acids is 1. The first-order valence-electron chi connectivity index (χ1n) is 8.60. The summed E-state index contributed by atoms with van der Waals surface area (Å²) in [6.07, 6.45) is 0.502. The normalized spacial score (nSPS) is 10.1. The number of aryl methyl sites for hydroxylation is 1. The maximum Gasteiger partial charge on any atom is 0.335 e. The predicted octanol–water partition coefficient (Wildman–Crippen LogP) is 2.47. The number of carbonyl (C=O) groups is 3. The van der Waals surface area contributed by atoms with Crippen molar-refractivity contribution in [2.24, 2.45) is 0 Å². The number of ether oxygens (including phenoxy) is 1. The highest BCUT2D eigenvalue weighted by atomic mass is 16.5. The third-order valence-corrected chi connectivity index (χ3v) is 3.75. The molecule has 7 nitrogen and oxygen atoms in total. The highest BCUT2D eigenvalue weighted by Gasteiger charge is 2.11. The molecule has 0 unspecified atom stereocenters. The van der Waals surface area contributed by atoms with Gasteiger partial charge in [-0.1, -0.05) is 18.2 Å². The number of carbonyl (C=O) groups excluding carboxylic acids is 2. The Kier molecular flexibility index (Phi) is 7.37. The van der Waals surface area contributed by atoms with Gasteiger partial charge in [0.05, 0.1) is 5.56 Å². The number of amides is 2. The van der Waals surface area contributed by atoms with E-state index in [2.05, 4.69) is 10.6 Å². The standard InChI is InChI=1S/C20H22N2O5/c1-2-21-19(24)13-27-16-10-8-15(9-11-16)22-18(23)12-7-14-5-3-4-6-17(14)20(25)26/h3-6,8-11H,2,7,12-13H2,1H3,(H,21,24)(H,22,23)(H,25,26). The maximum atomic E-state index is 12.1. The Bertz CT molecular complexity index is 802. The Morgan fingerprint density at radius 2 is 1.70 bits per heavy atom. The fraction of sp³-hybridized carbons (Fsp3) is 0.250. The first-order valence-corrected chi connectivity index (χ1v) is 8.60. The molecule has 2 aromatic rings. The first-order chi connectivity index (χ1) is 13.0. The van der Waals surface area contributed by atoms with Gasteiger partial charge in [0.2, 0.25) is 5.91 Å². The molecule has 0 spiro atoms. The SMILES string of the molecule is CCNC(=O)COc1ccc(NC(=O)CCc2ccccc2C(=O)O)cc1. The van der Waals surface area contributed by atoms with Crippen LogP contribution in [0.15, 0.2) is 48.5 Å². The molecule has 0 atom stereocenters. The molecule has 0 aromatic heterocycles. The van der Waals surface area contributed by atoms with E-state index in [4.69, 9.17) is 9.84 Å². The highest BCUT2D eigenvalue weighted by Crippen LogP contribution is 2.17. The summed E-state index contributed by atoms with van der Waals surface area (Å²) in [4.78, 5) is 34.6. The van der Waals surface area contributed by atoms with E-state index in [0.29, 0.717) is 30.0 Å². The largest absolute Gasteiger partial charge is 0.484 e. The molecule has 2 amide bonds. The highest BCUT2D eigenvalue weighted by molar-refractivity contribution is 5.92. The second-order valence-corrected chi connectivity index (χ2v) is 5.78. The van der Waals surface area contributed by atoms with Gasteiger partial charge in [-0.25, -0.2) is 4.79 Å². The van der Waals surface area contributed by atoms with Crippen LogP contribution in [-0.2, 0) is 16.0 Å². The average molecular weight is 370 g/mol. The number of hydrogen-bond acceptors (Lipinski definition) is 4. The van der Waals surface area contributed by atoms with E-state index in [9.17, 15) is 14.4 Å². The van der Waals surface area contributed by atoms with Gasteiger partial charge in [0.25, 0.3) is 5.91 Å². The maximum absolute atomic E-state index is 12.1. The van der Waals surface area contributed by atoms with E-state index < -0.39 is 5.97 Å². The van der Waals surface area contributed by atoms with Crippen molar-refractivity contribution in [3.8, 4) is 5.75 Å². The fourth-order valence-electron chi connectivity index (χ4n) is 2.45. The number of hydrogen-bond donors (Lipinski definition) is 3. The zero-order valence-corrected chi connectivity index (χ0v) is 15.0. The number of carboxylic acids is 1. The van der Waals surface area contributed by atoms with Gasteiger partial charge in [-0.3, -0.25) is 9.59 Å². The minimum absolute atomic E-state index is 0.0669. The van der Waals surface area contributed by atoms with E-state index >= 15 is 0 Å². The second kappa shape index (κ2) is 9.96. The Balaban J connectivity index is 1.84. The van der Waals surface area contributed by atoms with Crippen molar-refractivity contribution in [3.63, 3.8) is 0 Å². The van der Waals surface area contributed by atoms with Crippen molar-refractivity contribution in [1.82, 2.24) is 5.32 Å². The molecule has 2 aromatic carbocycles. The van der Waals surface area contributed by atoms with E-state index in [1.807, 2.05) is 6.92 Å². The van der Waals surface area contributed by atoms with Crippen molar-refractivity contribution in [2.75, 3.05) is 18.5 Å². The lowest BCUT2D eigenvalue weighted by atomic mass is 10.0. The molecule has 0 aliphatic rings. The Morgan fingerprint density at radius 1 is 1.00 bits per heavy atom. The quantitative estimate of drug-likeness (QED) is 0.629. The minimum Gasteiger partial charge on any atom is -0.484 e. The van der Waals surface area contributed by atoms with Gasteiger partial charge in [0.15, 0.2) is 6.61 Å². The van der Waals surface area contributed by atoms with Crippen LogP contribution in [0.1, 0.15) is 29.3 Å². The zero-order valence-electron chi connectivity index (χ0n) is 15.0. The molecule has 0 heterocycles. The van der Waals surface area contributed by atoms with Crippen molar-refractivity contribution in [3.05, 3.63) is 59.7 Å². The van der Waals surface area contributed by atoms with Gasteiger partial charge in [0, 0.05) is 18.7 Å². The van der Waals surface area contributed by atoms with E-state index in [0.717, 1.165) is 0 Å². The van der Waals surface area contributed by atoms with Crippen LogP contribution in [0.3, 0.4) is 0 Å². The number of nitrogens with one attached hydrogen (secondary N) is 2. The monoisotopic (exact) mass is 370 g/mol. The van der Waals surface area contributed by atoms with E-state index in [1.165, 1.54) is 6.07 Å². The molecular formula is C20H22N2O5. The van der Waals surface area contributed by atoms with Crippen LogP contribution >= 0.6 is 0 Å². The molecule has 2 rings (SSSR count). The summed E-state index contributed by atoms with van der Waals surface area (Å²) in [6, 6.07) is 13.3. The zero-order chi connectivity index (χ0) is 19.6. The number of rotatable bonds is 9. The lowest BCUT2D eigenvalue weighted by Crippen LogP contribution is -2.28. The average Bonchev–Trinajstić information content (AvgIpc) is 2.66. The lowest BCUT2D eigenvalue weighted by molar-refractivity contribution is -0.123. The van der Waals surface area contributed by atoms with Gasteiger partial charge < -0.3 is 20.5 Å². The molecule has 27 heavy (non-hydrogen) atoms. The summed E-state index contributed by atoms with van der Waals surface area (Å²) in [5.74, 6) is -0.897.